The molecule has 0 aromatic heterocycles. The van der Waals surface area contributed by atoms with Crippen LogP contribution in [0.15, 0.2) is 23.8 Å². The van der Waals surface area contributed by atoms with E-state index in [0.29, 0.717) is 0 Å². The lowest BCUT2D eigenvalue weighted by Crippen LogP contribution is -1.97. The van der Waals surface area contributed by atoms with Gasteiger partial charge in [0.15, 0.2) is 0 Å². The van der Waals surface area contributed by atoms with Gasteiger partial charge in [0.05, 0.1) is 39.3 Å². The zero-order chi connectivity index (χ0) is 10.5. The molecule has 13 heavy (non-hydrogen) atoms. The van der Waals surface area contributed by atoms with Crippen molar-refractivity contribution in [2.45, 2.75) is 0 Å². The standard InChI is InChI=1S/C6H10P.CH4O4S/c1-7(2)5-3-4-6-7;1-5-6(2,3)4/h3-6H,1-2H3;1H3,(H,2,3,4)/q+1;/p-1. The summed E-state index contributed by atoms with van der Waals surface area (Å²) in [6.07, 6.45) is 4.27. The van der Waals surface area contributed by atoms with Crippen molar-refractivity contribution in [3.63, 3.8) is 0 Å². The molecule has 0 radical (unpaired) electrons. The van der Waals surface area contributed by atoms with Gasteiger partial charge in [-0.3, -0.25) is 4.18 Å². The van der Waals surface area contributed by atoms with Crippen LogP contribution in [0.4, 0.5) is 0 Å². The number of hydrogen-bond acceptors (Lipinski definition) is 4. The van der Waals surface area contributed by atoms with Crippen molar-refractivity contribution in [1.82, 2.24) is 0 Å². The van der Waals surface area contributed by atoms with Gasteiger partial charge in [-0.25, -0.2) is 8.42 Å². The predicted octanol–water partition coefficient (Wildman–Crippen LogP) is 1.40. The van der Waals surface area contributed by atoms with E-state index in [4.69, 9.17) is 0 Å². The summed E-state index contributed by atoms with van der Waals surface area (Å²) in [4.78, 5) is 0. The summed E-state index contributed by atoms with van der Waals surface area (Å²) in [6.45, 7) is 4.60. The van der Waals surface area contributed by atoms with E-state index < -0.39 is 17.7 Å². The second kappa shape index (κ2) is 4.86. The second-order valence-corrected chi connectivity index (χ2v) is 7.89. The summed E-state index contributed by atoms with van der Waals surface area (Å²) >= 11 is 0. The SMILES string of the molecule is COS(=O)(=O)[O-].C[P+]1(C)C=CC=C1. The van der Waals surface area contributed by atoms with E-state index in [1.807, 2.05) is 0 Å². The summed E-state index contributed by atoms with van der Waals surface area (Å²) in [6, 6.07) is 0. The van der Waals surface area contributed by atoms with Crippen molar-refractivity contribution in [1.29, 1.82) is 0 Å². The van der Waals surface area contributed by atoms with Crippen LogP contribution in [-0.4, -0.2) is 33.4 Å². The predicted molar refractivity (Wildman–Crippen MR) is 53.8 cm³/mol. The van der Waals surface area contributed by atoms with E-state index in [-0.39, 0.29) is 0 Å². The summed E-state index contributed by atoms with van der Waals surface area (Å²) in [7, 11) is -4.26. The van der Waals surface area contributed by atoms with Crippen LogP contribution in [0.25, 0.3) is 0 Å². The number of allylic oxidation sites excluding steroid dienone is 2. The van der Waals surface area contributed by atoms with Crippen molar-refractivity contribution in [3.05, 3.63) is 23.8 Å². The van der Waals surface area contributed by atoms with Crippen LogP contribution >= 0.6 is 7.26 Å². The summed E-state index contributed by atoms with van der Waals surface area (Å²) in [5, 5.41) is 0. The van der Waals surface area contributed by atoms with E-state index in [1.54, 1.807) is 0 Å². The van der Waals surface area contributed by atoms with E-state index in [1.165, 1.54) is 0 Å². The van der Waals surface area contributed by atoms with Crippen molar-refractivity contribution >= 4 is 17.7 Å². The quantitative estimate of drug-likeness (QED) is 0.383. The Balaban J connectivity index is 0.000000226. The number of rotatable bonds is 1. The van der Waals surface area contributed by atoms with Gasteiger partial charge in [0.2, 0.25) is 10.4 Å². The molecule has 0 spiro atoms. The largest absolute Gasteiger partial charge is 0.726 e. The lowest BCUT2D eigenvalue weighted by atomic mass is 10.6. The van der Waals surface area contributed by atoms with Crippen LogP contribution in [0.1, 0.15) is 0 Å². The Morgan fingerprint density at radius 3 is 1.62 bits per heavy atom. The highest BCUT2D eigenvalue weighted by atomic mass is 32.3. The van der Waals surface area contributed by atoms with Gasteiger partial charge in [0.1, 0.15) is 0 Å². The Hall–Kier alpha value is -0.220. The van der Waals surface area contributed by atoms with Crippen molar-refractivity contribution in [3.8, 4) is 0 Å². The highest BCUT2D eigenvalue weighted by molar-refractivity contribution is 7.80. The smallest absolute Gasteiger partial charge is 0.217 e. The maximum atomic E-state index is 9.22. The molecular formula is C7H13O4PS. The van der Waals surface area contributed by atoms with Crippen LogP contribution < -0.4 is 0 Å². The highest BCUT2D eigenvalue weighted by Crippen LogP contribution is 2.56. The molecule has 76 valence electrons. The van der Waals surface area contributed by atoms with Crippen LogP contribution in [0.5, 0.6) is 0 Å². The monoisotopic (exact) mass is 224 g/mol. The molecule has 0 amide bonds. The Labute approximate surface area is 79.6 Å². The van der Waals surface area contributed by atoms with Gasteiger partial charge < -0.3 is 4.55 Å². The molecule has 0 aromatic rings. The molecule has 6 heteroatoms. The zero-order valence-electron chi connectivity index (χ0n) is 7.80. The fraction of sp³-hybridized carbons (Fsp3) is 0.429. The van der Waals surface area contributed by atoms with Crippen LogP contribution in [0.3, 0.4) is 0 Å². The minimum absolute atomic E-state index is 0.654. The van der Waals surface area contributed by atoms with Crippen molar-refractivity contribution in [2.75, 3.05) is 20.4 Å². The molecule has 1 aliphatic heterocycles. The van der Waals surface area contributed by atoms with Gasteiger partial charge in [0, 0.05) is 0 Å². The van der Waals surface area contributed by atoms with Gasteiger partial charge in [-0.15, -0.1) is 0 Å². The maximum Gasteiger partial charge on any atom is 0.217 e. The minimum atomic E-state index is -4.41. The zero-order valence-corrected chi connectivity index (χ0v) is 9.51. The fourth-order valence-corrected chi connectivity index (χ4v) is 1.78. The fourth-order valence-electron chi connectivity index (χ4n) is 0.593. The molecule has 0 aliphatic carbocycles. The molecule has 0 fully saturated rings. The average Bonchev–Trinajstić information content (AvgIpc) is 2.34. The molecule has 0 aromatic carbocycles. The van der Waals surface area contributed by atoms with E-state index in [0.717, 1.165) is 7.11 Å². The molecule has 4 nitrogen and oxygen atoms in total. The molecular weight excluding hydrogens is 211 g/mol. The molecule has 1 rings (SSSR count). The minimum Gasteiger partial charge on any atom is -0.726 e. The van der Waals surface area contributed by atoms with Gasteiger partial charge in [-0.05, 0) is 12.2 Å². The third-order valence-corrected chi connectivity index (χ3v) is 3.55. The molecule has 0 saturated heterocycles. The topological polar surface area (TPSA) is 66.4 Å². The van der Waals surface area contributed by atoms with Gasteiger partial charge >= 0.3 is 0 Å². The Morgan fingerprint density at radius 2 is 1.54 bits per heavy atom. The van der Waals surface area contributed by atoms with Gasteiger partial charge in [-0.1, -0.05) is 0 Å². The third kappa shape index (κ3) is 8.12. The lowest BCUT2D eigenvalue weighted by molar-refractivity contribution is 0.314. The maximum absolute atomic E-state index is 9.22. The molecule has 0 bridgehead atoms. The van der Waals surface area contributed by atoms with Gasteiger partial charge in [0.25, 0.3) is 0 Å². The van der Waals surface area contributed by atoms with E-state index in [2.05, 4.69) is 41.3 Å². The first-order valence-corrected chi connectivity index (χ1v) is 7.64. The first-order chi connectivity index (χ1) is 5.77. The first kappa shape index (κ1) is 12.8. The lowest BCUT2D eigenvalue weighted by Gasteiger charge is -1.98. The van der Waals surface area contributed by atoms with Crippen LogP contribution in [0, 0.1) is 0 Å². The highest BCUT2D eigenvalue weighted by Gasteiger charge is 2.18. The summed E-state index contributed by atoms with van der Waals surface area (Å²) in [5.41, 5.74) is 0. The van der Waals surface area contributed by atoms with E-state index >= 15 is 0 Å². The van der Waals surface area contributed by atoms with Gasteiger partial charge in [-0.2, -0.15) is 0 Å². The van der Waals surface area contributed by atoms with Crippen LogP contribution in [-0.2, 0) is 14.6 Å². The summed E-state index contributed by atoms with van der Waals surface area (Å²) in [5.74, 6) is 4.60. The molecule has 0 atom stereocenters. The Bertz CT molecular complexity index is 288. The average molecular weight is 224 g/mol. The third-order valence-electron chi connectivity index (χ3n) is 1.26. The molecule has 0 N–H and O–H groups in total. The number of hydrogen-bond donors (Lipinski definition) is 0. The Kier molecular flexibility index (Phi) is 4.78. The van der Waals surface area contributed by atoms with Crippen molar-refractivity contribution in [2.24, 2.45) is 0 Å². The molecule has 0 unspecified atom stereocenters. The Morgan fingerprint density at radius 1 is 1.23 bits per heavy atom. The second-order valence-electron chi connectivity index (χ2n) is 2.89. The first-order valence-electron chi connectivity index (χ1n) is 3.49. The van der Waals surface area contributed by atoms with E-state index in [9.17, 15) is 13.0 Å². The normalized spacial score (nSPS) is 18.2. The summed E-state index contributed by atoms with van der Waals surface area (Å²) < 4.78 is 31.0. The molecule has 1 aliphatic rings. The van der Waals surface area contributed by atoms with Crippen LogP contribution in [0.2, 0.25) is 0 Å². The molecule has 1 heterocycles. The molecule has 0 saturated carbocycles. The van der Waals surface area contributed by atoms with Crippen molar-refractivity contribution < 1.29 is 17.2 Å².